The van der Waals surface area contributed by atoms with Gasteiger partial charge in [-0.05, 0) is 32.1 Å². The van der Waals surface area contributed by atoms with E-state index < -0.39 is 16.6 Å². The van der Waals surface area contributed by atoms with Gasteiger partial charge in [0.25, 0.3) is 0 Å². The molecule has 1 aromatic carbocycles. The van der Waals surface area contributed by atoms with Gasteiger partial charge >= 0.3 is 6.61 Å². The highest BCUT2D eigenvalue weighted by Gasteiger charge is 2.20. The van der Waals surface area contributed by atoms with Crippen LogP contribution in [0, 0.1) is 0 Å². The van der Waals surface area contributed by atoms with Crippen molar-refractivity contribution in [3.63, 3.8) is 0 Å². The molecule has 0 saturated heterocycles. The van der Waals surface area contributed by atoms with Crippen LogP contribution in [-0.4, -0.2) is 35.2 Å². The van der Waals surface area contributed by atoms with Gasteiger partial charge in [0.2, 0.25) is 10.0 Å². The van der Waals surface area contributed by atoms with Crippen molar-refractivity contribution in [3.05, 3.63) is 24.3 Å². The fourth-order valence-electron chi connectivity index (χ4n) is 1.41. The van der Waals surface area contributed by atoms with Crippen LogP contribution in [0.15, 0.2) is 29.2 Å². The van der Waals surface area contributed by atoms with E-state index in [1.54, 1.807) is 7.05 Å². The Balaban J connectivity index is 2.82. The molecule has 8 heteroatoms. The first kappa shape index (κ1) is 15.8. The maximum absolute atomic E-state index is 12.2. The Bertz CT molecular complexity index is 494. The molecule has 0 aliphatic carbocycles. The van der Waals surface area contributed by atoms with Crippen LogP contribution in [0.3, 0.4) is 0 Å². The molecule has 0 radical (unpaired) electrons. The molecule has 5 nitrogen and oxygen atoms in total. The van der Waals surface area contributed by atoms with Crippen molar-refractivity contribution in [2.24, 2.45) is 0 Å². The van der Waals surface area contributed by atoms with Gasteiger partial charge in [-0.25, -0.2) is 13.1 Å². The van der Waals surface area contributed by atoms with E-state index in [0.717, 1.165) is 0 Å². The summed E-state index contributed by atoms with van der Waals surface area (Å²) in [4.78, 5) is -0.292. The average Bonchev–Trinajstić information content (AvgIpc) is 2.34. The van der Waals surface area contributed by atoms with Crippen LogP contribution in [0.1, 0.15) is 6.42 Å². The second-order valence-corrected chi connectivity index (χ2v) is 5.42. The molecule has 0 amide bonds. The zero-order valence-corrected chi connectivity index (χ0v) is 11.2. The molecule has 0 saturated carbocycles. The molecule has 19 heavy (non-hydrogen) atoms. The highest BCUT2D eigenvalue weighted by Crippen LogP contribution is 2.24. The van der Waals surface area contributed by atoms with E-state index in [0.29, 0.717) is 13.0 Å². The lowest BCUT2D eigenvalue weighted by atomic mass is 10.3. The Kier molecular flexibility index (Phi) is 6.13. The number of para-hydroxylation sites is 1. The number of halogens is 2. The van der Waals surface area contributed by atoms with Crippen LogP contribution in [0.4, 0.5) is 8.78 Å². The molecule has 0 bridgehead atoms. The number of hydrogen-bond donors (Lipinski definition) is 2. The Morgan fingerprint density at radius 3 is 2.58 bits per heavy atom. The van der Waals surface area contributed by atoms with Crippen molar-refractivity contribution in [1.82, 2.24) is 10.0 Å². The molecule has 0 aliphatic heterocycles. The molecular formula is C11H16F2N2O3S. The SMILES string of the molecule is CNCCCNS(=O)(=O)c1ccccc1OC(F)F. The second-order valence-electron chi connectivity index (χ2n) is 3.68. The Labute approximate surface area is 111 Å². The van der Waals surface area contributed by atoms with Crippen LogP contribution in [-0.2, 0) is 10.0 Å². The number of nitrogens with one attached hydrogen (secondary N) is 2. The smallest absolute Gasteiger partial charge is 0.387 e. The minimum Gasteiger partial charge on any atom is -0.433 e. The summed E-state index contributed by atoms with van der Waals surface area (Å²) in [5.41, 5.74) is 0. The molecule has 0 aliphatic rings. The van der Waals surface area contributed by atoms with Gasteiger partial charge in [0.1, 0.15) is 10.6 Å². The van der Waals surface area contributed by atoms with Crippen molar-refractivity contribution < 1.29 is 21.9 Å². The lowest BCUT2D eigenvalue weighted by Gasteiger charge is -2.11. The number of hydrogen-bond acceptors (Lipinski definition) is 4. The molecule has 108 valence electrons. The third-order valence-corrected chi connectivity index (χ3v) is 3.75. The van der Waals surface area contributed by atoms with Crippen molar-refractivity contribution in [2.45, 2.75) is 17.9 Å². The van der Waals surface area contributed by atoms with E-state index in [1.165, 1.54) is 24.3 Å². The van der Waals surface area contributed by atoms with E-state index in [9.17, 15) is 17.2 Å². The third kappa shape index (κ3) is 5.09. The predicted molar refractivity (Wildman–Crippen MR) is 66.8 cm³/mol. The van der Waals surface area contributed by atoms with Gasteiger partial charge in [-0.1, -0.05) is 12.1 Å². The zero-order chi connectivity index (χ0) is 14.3. The fourth-order valence-corrected chi connectivity index (χ4v) is 2.62. The number of alkyl halides is 2. The largest absolute Gasteiger partial charge is 0.433 e. The molecule has 0 aromatic heterocycles. The van der Waals surface area contributed by atoms with Gasteiger partial charge in [-0.3, -0.25) is 0 Å². The van der Waals surface area contributed by atoms with Crippen LogP contribution >= 0.6 is 0 Å². The molecule has 0 heterocycles. The molecule has 0 atom stereocenters. The van der Waals surface area contributed by atoms with E-state index in [2.05, 4.69) is 14.8 Å². The van der Waals surface area contributed by atoms with Crippen LogP contribution in [0.2, 0.25) is 0 Å². The first-order valence-corrected chi connectivity index (χ1v) is 7.14. The minimum atomic E-state index is -3.85. The van der Waals surface area contributed by atoms with Gasteiger partial charge in [0.15, 0.2) is 0 Å². The second kappa shape index (κ2) is 7.37. The van der Waals surface area contributed by atoms with E-state index >= 15 is 0 Å². The molecular weight excluding hydrogens is 278 g/mol. The monoisotopic (exact) mass is 294 g/mol. The Morgan fingerprint density at radius 1 is 1.26 bits per heavy atom. The summed E-state index contributed by atoms with van der Waals surface area (Å²) < 4.78 is 54.8. The Morgan fingerprint density at radius 2 is 1.95 bits per heavy atom. The minimum absolute atomic E-state index is 0.214. The quantitative estimate of drug-likeness (QED) is 0.706. The summed E-state index contributed by atoms with van der Waals surface area (Å²) in [6.07, 6.45) is 0.591. The average molecular weight is 294 g/mol. The van der Waals surface area contributed by atoms with E-state index in [1.807, 2.05) is 0 Å². The number of benzene rings is 1. The molecule has 0 spiro atoms. The van der Waals surface area contributed by atoms with E-state index in [4.69, 9.17) is 0 Å². The summed E-state index contributed by atoms with van der Waals surface area (Å²) in [7, 11) is -2.10. The Hall–Kier alpha value is -1.25. The summed E-state index contributed by atoms with van der Waals surface area (Å²) in [6.45, 7) is -2.20. The molecule has 1 aromatic rings. The topological polar surface area (TPSA) is 67.4 Å². The third-order valence-electron chi connectivity index (χ3n) is 2.25. The zero-order valence-electron chi connectivity index (χ0n) is 10.4. The lowest BCUT2D eigenvalue weighted by molar-refractivity contribution is -0.0517. The van der Waals surface area contributed by atoms with Crippen LogP contribution < -0.4 is 14.8 Å². The molecule has 1 rings (SSSR count). The van der Waals surface area contributed by atoms with Gasteiger partial charge in [0.05, 0.1) is 0 Å². The summed E-state index contributed by atoms with van der Waals surface area (Å²) in [5.74, 6) is -0.362. The van der Waals surface area contributed by atoms with Gasteiger partial charge in [-0.2, -0.15) is 8.78 Å². The first-order valence-electron chi connectivity index (χ1n) is 5.65. The van der Waals surface area contributed by atoms with E-state index in [-0.39, 0.29) is 17.2 Å². The molecule has 0 unspecified atom stereocenters. The van der Waals surface area contributed by atoms with Gasteiger partial charge < -0.3 is 10.1 Å². The molecule has 0 fully saturated rings. The van der Waals surface area contributed by atoms with Crippen molar-refractivity contribution >= 4 is 10.0 Å². The summed E-state index contributed by atoms with van der Waals surface area (Å²) in [6, 6.07) is 5.28. The number of sulfonamides is 1. The number of rotatable bonds is 8. The fraction of sp³-hybridized carbons (Fsp3) is 0.455. The first-order chi connectivity index (χ1) is 8.97. The normalized spacial score (nSPS) is 11.8. The summed E-state index contributed by atoms with van der Waals surface area (Å²) >= 11 is 0. The maximum Gasteiger partial charge on any atom is 0.387 e. The van der Waals surface area contributed by atoms with Crippen molar-refractivity contribution in [1.29, 1.82) is 0 Å². The summed E-state index contributed by atoms with van der Waals surface area (Å²) in [5, 5.41) is 2.87. The highest BCUT2D eigenvalue weighted by molar-refractivity contribution is 7.89. The highest BCUT2D eigenvalue weighted by atomic mass is 32.2. The van der Waals surface area contributed by atoms with Crippen LogP contribution in [0.5, 0.6) is 5.75 Å². The maximum atomic E-state index is 12.2. The standard InChI is InChI=1S/C11H16F2N2O3S/c1-14-7-4-8-15-19(16,17)10-6-3-2-5-9(10)18-11(12)13/h2-3,5-6,11,14-15H,4,7-8H2,1H3. The van der Waals surface area contributed by atoms with Crippen molar-refractivity contribution in [2.75, 3.05) is 20.1 Å². The van der Waals surface area contributed by atoms with Gasteiger partial charge in [-0.15, -0.1) is 0 Å². The van der Waals surface area contributed by atoms with Crippen LogP contribution in [0.25, 0.3) is 0 Å². The lowest BCUT2D eigenvalue weighted by Crippen LogP contribution is -2.27. The predicted octanol–water partition coefficient (Wildman–Crippen LogP) is 1.18. The molecule has 2 N–H and O–H groups in total. The van der Waals surface area contributed by atoms with Crippen molar-refractivity contribution in [3.8, 4) is 5.75 Å². The van der Waals surface area contributed by atoms with Gasteiger partial charge in [0, 0.05) is 6.54 Å². The number of ether oxygens (including phenoxy) is 1.